The minimum Gasteiger partial charge on any atom is -0.481 e. The van der Waals surface area contributed by atoms with Crippen molar-refractivity contribution in [2.75, 3.05) is 12.0 Å². The highest BCUT2D eigenvalue weighted by atomic mass is 32.2. The van der Waals surface area contributed by atoms with Gasteiger partial charge in [0.05, 0.1) is 5.75 Å². The van der Waals surface area contributed by atoms with Crippen LogP contribution >= 0.6 is 23.5 Å². The van der Waals surface area contributed by atoms with E-state index in [-0.39, 0.29) is 5.75 Å². The Morgan fingerprint density at radius 1 is 1.45 bits per heavy atom. The van der Waals surface area contributed by atoms with Crippen molar-refractivity contribution in [1.82, 2.24) is 14.8 Å². The van der Waals surface area contributed by atoms with Crippen LogP contribution in [0, 0.1) is 0 Å². The zero-order valence-corrected chi connectivity index (χ0v) is 13.7. The molecule has 0 radical (unpaired) electrons. The van der Waals surface area contributed by atoms with Gasteiger partial charge >= 0.3 is 5.97 Å². The lowest BCUT2D eigenvalue weighted by molar-refractivity contribution is -0.133. The van der Waals surface area contributed by atoms with Gasteiger partial charge in [-0.15, -0.1) is 10.2 Å². The third kappa shape index (κ3) is 3.31. The summed E-state index contributed by atoms with van der Waals surface area (Å²) in [4.78, 5) is 10.8. The number of aromatic nitrogens is 3. The molecule has 20 heavy (non-hydrogen) atoms. The molecule has 0 aliphatic heterocycles. The van der Waals surface area contributed by atoms with Gasteiger partial charge in [0.25, 0.3) is 0 Å². The maximum absolute atomic E-state index is 10.8. The molecule has 112 valence electrons. The van der Waals surface area contributed by atoms with E-state index in [0.717, 1.165) is 17.4 Å². The molecule has 7 heteroatoms. The number of carboxylic acids is 1. The van der Waals surface area contributed by atoms with Crippen LogP contribution in [0.25, 0.3) is 0 Å². The third-order valence-corrected chi connectivity index (χ3v) is 5.67. The Balaban J connectivity index is 2.31. The second kappa shape index (κ2) is 6.85. The van der Waals surface area contributed by atoms with E-state index in [2.05, 4.69) is 34.9 Å². The summed E-state index contributed by atoms with van der Waals surface area (Å²) in [6.45, 7) is 4.21. The van der Waals surface area contributed by atoms with E-state index < -0.39 is 5.97 Å². The Kier molecular flexibility index (Phi) is 5.37. The van der Waals surface area contributed by atoms with Gasteiger partial charge in [-0.05, 0) is 19.1 Å². The van der Waals surface area contributed by atoms with Crippen molar-refractivity contribution < 1.29 is 9.90 Å². The van der Waals surface area contributed by atoms with E-state index in [9.17, 15) is 4.79 Å². The largest absolute Gasteiger partial charge is 0.481 e. The fourth-order valence-electron chi connectivity index (χ4n) is 2.70. The van der Waals surface area contributed by atoms with Crippen molar-refractivity contribution in [3.05, 3.63) is 5.82 Å². The van der Waals surface area contributed by atoms with Crippen molar-refractivity contribution >= 4 is 29.5 Å². The summed E-state index contributed by atoms with van der Waals surface area (Å²) in [6.07, 6.45) is 5.70. The van der Waals surface area contributed by atoms with Crippen molar-refractivity contribution in [3.63, 3.8) is 0 Å². The monoisotopic (exact) mass is 315 g/mol. The van der Waals surface area contributed by atoms with Gasteiger partial charge in [0.15, 0.2) is 5.16 Å². The summed E-state index contributed by atoms with van der Waals surface area (Å²) in [6, 6.07) is 0.397. The van der Waals surface area contributed by atoms with Crippen molar-refractivity contribution in [2.45, 2.75) is 55.5 Å². The Hall–Kier alpha value is -0.690. The molecule has 2 rings (SSSR count). The molecular formula is C13H21N3O2S2. The van der Waals surface area contributed by atoms with Crippen LogP contribution in [0.5, 0.6) is 0 Å². The Morgan fingerprint density at radius 3 is 2.80 bits per heavy atom. The van der Waals surface area contributed by atoms with Gasteiger partial charge in [0.2, 0.25) is 0 Å². The first kappa shape index (κ1) is 15.7. The van der Waals surface area contributed by atoms with Gasteiger partial charge in [-0.2, -0.15) is 11.8 Å². The maximum Gasteiger partial charge on any atom is 0.313 e. The van der Waals surface area contributed by atoms with E-state index in [4.69, 9.17) is 5.11 Å². The standard InChI is InChI=1S/C13H21N3O2S2/c1-8(2)12-14-15-13(20-7-11(17)18)16(12)9-5-4-6-10(9)19-3/h8-10H,4-7H2,1-3H3,(H,17,18). The second-order valence-electron chi connectivity index (χ2n) is 5.32. The number of hydrogen-bond acceptors (Lipinski definition) is 5. The highest BCUT2D eigenvalue weighted by molar-refractivity contribution is 7.99. The highest BCUT2D eigenvalue weighted by Crippen LogP contribution is 2.40. The summed E-state index contributed by atoms with van der Waals surface area (Å²) in [5.41, 5.74) is 0. The fraction of sp³-hybridized carbons (Fsp3) is 0.769. The molecule has 0 saturated heterocycles. The molecule has 0 bridgehead atoms. The molecule has 1 aliphatic rings. The number of rotatable bonds is 6. The van der Waals surface area contributed by atoms with E-state index in [1.165, 1.54) is 24.6 Å². The topological polar surface area (TPSA) is 68.0 Å². The quantitative estimate of drug-likeness (QED) is 0.814. The van der Waals surface area contributed by atoms with Gasteiger partial charge in [-0.1, -0.05) is 32.0 Å². The fourth-order valence-corrected chi connectivity index (χ4v) is 4.39. The van der Waals surface area contributed by atoms with Gasteiger partial charge in [0, 0.05) is 17.2 Å². The van der Waals surface area contributed by atoms with Gasteiger partial charge in [0.1, 0.15) is 5.82 Å². The predicted molar refractivity (Wildman–Crippen MR) is 82.7 cm³/mol. The molecule has 2 atom stereocenters. The van der Waals surface area contributed by atoms with Crippen LogP contribution in [0.4, 0.5) is 0 Å². The first-order chi connectivity index (χ1) is 9.54. The Labute approximate surface area is 127 Å². The molecular weight excluding hydrogens is 294 g/mol. The maximum atomic E-state index is 10.8. The SMILES string of the molecule is CSC1CCCC1n1c(SCC(=O)O)nnc1C(C)C. The molecule has 5 nitrogen and oxygen atoms in total. The lowest BCUT2D eigenvalue weighted by atomic mass is 10.1. The Bertz CT molecular complexity index is 476. The number of carbonyl (C=O) groups is 1. The molecule has 1 heterocycles. The van der Waals surface area contributed by atoms with Crippen LogP contribution in [-0.4, -0.2) is 43.1 Å². The minimum absolute atomic E-state index is 0.0346. The molecule has 1 saturated carbocycles. The molecule has 0 amide bonds. The van der Waals surface area contributed by atoms with Crippen LogP contribution in [0.15, 0.2) is 5.16 Å². The lowest BCUT2D eigenvalue weighted by Crippen LogP contribution is -2.20. The highest BCUT2D eigenvalue weighted by Gasteiger charge is 2.32. The van der Waals surface area contributed by atoms with E-state index >= 15 is 0 Å². The molecule has 2 unspecified atom stereocenters. The number of hydrogen-bond donors (Lipinski definition) is 1. The number of aliphatic carboxylic acids is 1. The summed E-state index contributed by atoms with van der Waals surface area (Å²) < 4.78 is 2.20. The van der Waals surface area contributed by atoms with Crippen LogP contribution in [0.2, 0.25) is 0 Å². The average Bonchev–Trinajstić information content (AvgIpc) is 3.01. The first-order valence-corrected chi connectivity index (χ1v) is 9.14. The molecule has 1 aromatic heterocycles. The lowest BCUT2D eigenvalue weighted by Gasteiger charge is -2.23. The van der Waals surface area contributed by atoms with Crippen LogP contribution in [-0.2, 0) is 4.79 Å². The van der Waals surface area contributed by atoms with Crippen LogP contribution in [0.1, 0.15) is 50.9 Å². The molecule has 1 N–H and O–H groups in total. The number of thioether (sulfide) groups is 2. The van der Waals surface area contributed by atoms with E-state index in [0.29, 0.717) is 17.2 Å². The first-order valence-electron chi connectivity index (χ1n) is 6.86. The van der Waals surface area contributed by atoms with Gasteiger partial charge in [-0.25, -0.2) is 0 Å². The Morgan fingerprint density at radius 2 is 2.20 bits per heavy atom. The molecule has 0 spiro atoms. The zero-order chi connectivity index (χ0) is 14.7. The van der Waals surface area contributed by atoms with Gasteiger partial charge in [-0.3, -0.25) is 4.79 Å². The molecule has 1 fully saturated rings. The van der Waals surface area contributed by atoms with Crippen LogP contribution in [0.3, 0.4) is 0 Å². The summed E-state index contributed by atoms with van der Waals surface area (Å²) in [5, 5.41) is 18.7. The van der Waals surface area contributed by atoms with Gasteiger partial charge < -0.3 is 9.67 Å². The summed E-state index contributed by atoms with van der Waals surface area (Å²) in [7, 11) is 0. The smallest absolute Gasteiger partial charge is 0.313 e. The summed E-state index contributed by atoms with van der Waals surface area (Å²) >= 11 is 3.16. The molecule has 0 aromatic carbocycles. The zero-order valence-electron chi connectivity index (χ0n) is 12.1. The average molecular weight is 315 g/mol. The second-order valence-corrected chi connectivity index (χ2v) is 7.34. The van der Waals surface area contributed by atoms with Crippen molar-refractivity contribution in [2.24, 2.45) is 0 Å². The van der Waals surface area contributed by atoms with Crippen molar-refractivity contribution in [3.8, 4) is 0 Å². The number of carboxylic acid groups (broad SMARTS) is 1. The minimum atomic E-state index is -0.816. The summed E-state index contributed by atoms with van der Waals surface area (Å²) in [5.74, 6) is 0.490. The number of nitrogens with zero attached hydrogens (tertiary/aromatic N) is 3. The molecule has 1 aromatic rings. The van der Waals surface area contributed by atoms with E-state index in [1.807, 2.05) is 11.8 Å². The van der Waals surface area contributed by atoms with Crippen LogP contribution < -0.4 is 0 Å². The normalized spacial score (nSPS) is 22.6. The van der Waals surface area contributed by atoms with E-state index in [1.54, 1.807) is 0 Å². The molecule has 1 aliphatic carbocycles. The third-order valence-electron chi connectivity index (χ3n) is 3.58. The van der Waals surface area contributed by atoms with Crippen molar-refractivity contribution in [1.29, 1.82) is 0 Å². The predicted octanol–water partition coefficient (Wildman–Crippen LogP) is 3.03.